The van der Waals surface area contributed by atoms with Crippen LogP contribution < -0.4 is 5.32 Å². The van der Waals surface area contributed by atoms with Gasteiger partial charge < -0.3 is 15.0 Å². The van der Waals surface area contributed by atoms with E-state index in [1.807, 2.05) is 18.7 Å². The Balaban J connectivity index is 2.02. The van der Waals surface area contributed by atoms with Gasteiger partial charge in [0.05, 0.1) is 23.8 Å². The number of nitrogens with one attached hydrogen (secondary N) is 1. The van der Waals surface area contributed by atoms with Crippen LogP contribution >= 0.6 is 0 Å². The highest BCUT2D eigenvalue weighted by Gasteiger charge is 2.39. The third-order valence-corrected chi connectivity index (χ3v) is 6.58. The summed E-state index contributed by atoms with van der Waals surface area (Å²) < 4.78 is 44.8. The fourth-order valence-electron chi connectivity index (χ4n) is 4.69. The molecule has 2 aliphatic heterocycles. The molecule has 1 aromatic rings. The summed E-state index contributed by atoms with van der Waals surface area (Å²) in [7, 11) is 0. The van der Waals surface area contributed by atoms with Gasteiger partial charge in [0.1, 0.15) is 0 Å². The maximum absolute atomic E-state index is 13.3. The molecule has 208 valence electrons. The number of ether oxygens (including phenoxy) is 1. The molecule has 0 spiro atoms. The summed E-state index contributed by atoms with van der Waals surface area (Å²) in [6.45, 7) is 11.8. The molecule has 1 aromatic carbocycles. The third-order valence-electron chi connectivity index (χ3n) is 6.58. The largest absolute Gasteiger partial charge is 0.463 e. The molecule has 0 unspecified atom stereocenters. The van der Waals surface area contributed by atoms with Crippen LogP contribution in [0.25, 0.3) is 0 Å². The van der Waals surface area contributed by atoms with E-state index in [0.29, 0.717) is 37.4 Å². The van der Waals surface area contributed by atoms with Gasteiger partial charge in [-0.05, 0) is 31.0 Å². The number of hydrogen-bond donors (Lipinski definition) is 1. The second-order valence-corrected chi connectivity index (χ2v) is 9.59. The van der Waals surface area contributed by atoms with Crippen LogP contribution in [0.2, 0.25) is 0 Å². The summed E-state index contributed by atoms with van der Waals surface area (Å²) >= 11 is 0. The van der Waals surface area contributed by atoms with E-state index < -0.39 is 29.8 Å². The van der Waals surface area contributed by atoms with Crippen molar-refractivity contribution >= 4 is 17.9 Å². The highest BCUT2D eigenvalue weighted by molar-refractivity contribution is 5.95. The number of carbonyl (C=O) groups is 3. The molecule has 8 nitrogen and oxygen atoms in total. The predicted octanol–water partition coefficient (Wildman–Crippen LogP) is 3.97. The van der Waals surface area contributed by atoms with Gasteiger partial charge in [0, 0.05) is 50.9 Å². The van der Waals surface area contributed by atoms with Gasteiger partial charge >= 0.3 is 18.2 Å². The van der Waals surface area contributed by atoms with E-state index in [0.717, 1.165) is 18.6 Å². The lowest BCUT2D eigenvalue weighted by atomic mass is 9.93. The fraction of sp³-hybridized carbons (Fsp3) is 0.519. The highest BCUT2D eigenvalue weighted by Crippen LogP contribution is 2.35. The molecular weight excluding hydrogens is 501 g/mol. The first kappa shape index (κ1) is 29.2. The molecule has 1 fully saturated rings. The van der Waals surface area contributed by atoms with Gasteiger partial charge in [-0.25, -0.2) is 9.59 Å². The number of alkyl halides is 3. The van der Waals surface area contributed by atoms with E-state index in [4.69, 9.17) is 4.74 Å². The normalized spacial score (nSPS) is 19.3. The zero-order valence-corrected chi connectivity index (χ0v) is 22.0. The summed E-state index contributed by atoms with van der Waals surface area (Å²) in [5.74, 6) is -0.701. The lowest BCUT2D eigenvalue weighted by Gasteiger charge is -2.38. The average Bonchev–Trinajstić information content (AvgIpc) is 3.10. The SMILES string of the molecule is C=CCN1C(=O)N[C@@H](c2ccc(C(F)(F)F)cc2)C(C(=O)OCC)=C1CN1CCCN(C(=O)C(C)C)CC1. The van der Waals surface area contributed by atoms with Gasteiger partial charge in [-0.15, -0.1) is 6.58 Å². The van der Waals surface area contributed by atoms with E-state index in [-0.39, 0.29) is 37.1 Å². The van der Waals surface area contributed by atoms with Crippen LogP contribution in [-0.4, -0.2) is 78.5 Å². The number of esters is 1. The number of hydrogen-bond acceptors (Lipinski definition) is 5. The zero-order valence-electron chi connectivity index (χ0n) is 22.0. The molecular formula is C27H35F3N4O4. The lowest BCUT2D eigenvalue weighted by Crippen LogP contribution is -2.51. The molecule has 3 amide bonds. The standard InChI is InChI=1S/C27H35F3N4O4/c1-5-12-34-21(17-32-13-7-14-33(16-15-32)24(35)18(3)4)22(25(36)38-6-2)23(31-26(34)37)19-8-10-20(11-9-19)27(28,29)30/h5,8-11,18,23H,1,6-7,12-17H2,2-4H3,(H,31,37)/t23-/m0/s1. The van der Waals surface area contributed by atoms with Gasteiger partial charge in [0.2, 0.25) is 5.91 Å². The predicted molar refractivity (Wildman–Crippen MR) is 136 cm³/mol. The summed E-state index contributed by atoms with van der Waals surface area (Å²) in [6, 6.07) is 2.88. The Bertz CT molecular complexity index is 1070. The number of urea groups is 1. The van der Waals surface area contributed by atoms with E-state index in [2.05, 4.69) is 16.8 Å². The topological polar surface area (TPSA) is 82.2 Å². The molecule has 1 N–H and O–H groups in total. The Morgan fingerprint density at radius 2 is 1.84 bits per heavy atom. The maximum atomic E-state index is 13.3. The van der Waals surface area contributed by atoms with E-state index in [1.165, 1.54) is 23.1 Å². The van der Waals surface area contributed by atoms with Crippen molar-refractivity contribution in [1.82, 2.24) is 20.0 Å². The maximum Gasteiger partial charge on any atom is 0.416 e. The van der Waals surface area contributed by atoms with Gasteiger partial charge in [-0.3, -0.25) is 14.6 Å². The van der Waals surface area contributed by atoms with Crippen LogP contribution in [-0.2, 0) is 20.5 Å². The zero-order chi connectivity index (χ0) is 28.0. The molecule has 2 aliphatic rings. The first-order chi connectivity index (χ1) is 18.0. The second-order valence-electron chi connectivity index (χ2n) is 9.59. The fourth-order valence-corrected chi connectivity index (χ4v) is 4.69. The van der Waals surface area contributed by atoms with Crippen LogP contribution in [0.5, 0.6) is 0 Å². The van der Waals surface area contributed by atoms with Crippen molar-refractivity contribution in [2.75, 3.05) is 45.9 Å². The van der Waals surface area contributed by atoms with Crippen molar-refractivity contribution in [2.45, 2.75) is 39.4 Å². The molecule has 2 heterocycles. The second kappa shape index (κ2) is 12.5. The van der Waals surface area contributed by atoms with Crippen molar-refractivity contribution < 1.29 is 32.3 Å². The highest BCUT2D eigenvalue weighted by atomic mass is 19.4. The van der Waals surface area contributed by atoms with Crippen molar-refractivity contribution in [3.8, 4) is 0 Å². The smallest absolute Gasteiger partial charge is 0.416 e. The van der Waals surface area contributed by atoms with Crippen molar-refractivity contribution in [3.63, 3.8) is 0 Å². The molecule has 0 aliphatic carbocycles. The molecule has 11 heteroatoms. The minimum absolute atomic E-state index is 0.0750. The summed E-state index contributed by atoms with van der Waals surface area (Å²) in [4.78, 5) is 44.3. The summed E-state index contributed by atoms with van der Waals surface area (Å²) in [5.41, 5.74) is 0.0615. The summed E-state index contributed by atoms with van der Waals surface area (Å²) in [5, 5.41) is 2.76. The first-order valence-corrected chi connectivity index (χ1v) is 12.7. The minimum Gasteiger partial charge on any atom is -0.463 e. The molecule has 38 heavy (non-hydrogen) atoms. The monoisotopic (exact) mass is 536 g/mol. The van der Waals surface area contributed by atoms with Crippen LogP contribution in [0.4, 0.5) is 18.0 Å². The van der Waals surface area contributed by atoms with E-state index >= 15 is 0 Å². The molecule has 1 atom stereocenters. The Labute approximate surface area is 221 Å². The van der Waals surface area contributed by atoms with Crippen LogP contribution in [0, 0.1) is 5.92 Å². The van der Waals surface area contributed by atoms with E-state index in [9.17, 15) is 27.6 Å². The van der Waals surface area contributed by atoms with E-state index in [1.54, 1.807) is 6.92 Å². The van der Waals surface area contributed by atoms with Crippen molar-refractivity contribution in [2.24, 2.45) is 5.92 Å². The van der Waals surface area contributed by atoms with Gasteiger partial charge in [-0.2, -0.15) is 13.2 Å². The third kappa shape index (κ3) is 6.75. The average molecular weight is 537 g/mol. The molecule has 0 bridgehead atoms. The van der Waals surface area contributed by atoms with Crippen LogP contribution in [0.3, 0.4) is 0 Å². The molecule has 3 rings (SSSR count). The molecule has 0 saturated carbocycles. The number of carbonyl (C=O) groups excluding carboxylic acids is 3. The van der Waals surface area contributed by atoms with Gasteiger partial charge in [-0.1, -0.05) is 32.1 Å². The molecule has 0 aromatic heterocycles. The molecule has 0 radical (unpaired) electrons. The Morgan fingerprint density at radius 1 is 1.16 bits per heavy atom. The number of rotatable bonds is 8. The minimum atomic E-state index is -4.52. The molecule has 1 saturated heterocycles. The number of benzene rings is 1. The van der Waals surface area contributed by atoms with Gasteiger partial charge in [0.25, 0.3) is 0 Å². The number of amides is 3. The Hall–Kier alpha value is -3.34. The summed E-state index contributed by atoms with van der Waals surface area (Å²) in [6.07, 6.45) is -2.26. The van der Waals surface area contributed by atoms with Gasteiger partial charge in [0.15, 0.2) is 0 Å². The lowest BCUT2D eigenvalue weighted by molar-refractivity contribution is -0.139. The van der Waals surface area contributed by atoms with Crippen LogP contribution in [0.15, 0.2) is 48.2 Å². The van der Waals surface area contributed by atoms with Crippen molar-refractivity contribution in [3.05, 3.63) is 59.3 Å². The van der Waals surface area contributed by atoms with Crippen LogP contribution in [0.1, 0.15) is 44.4 Å². The Kier molecular flexibility index (Phi) is 9.59. The van der Waals surface area contributed by atoms with Crippen molar-refractivity contribution in [1.29, 1.82) is 0 Å². The Morgan fingerprint density at radius 3 is 2.42 bits per heavy atom. The number of nitrogens with zero attached hydrogens (tertiary/aromatic N) is 3. The quantitative estimate of drug-likeness (QED) is 0.402. The number of halogens is 3. The first-order valence-electron chi connectivity index (χ1n) is 12.7.